The smallest absolute Gasteiger partial charge is 0.200 e. The van der Waals surface area contributed by atoms with Crippen molar-refractivity contribution < 1.29 is 4.74 Å². The third kappa shape index (κ3) is 3.23. The van der Waals surface area contributed by atoms with Gasteiger partial charge in [0.2, 0.25) is 0 Å². The van der Waals surface area contributed by atoms with E-state index in [-0.39, 0.29) is 0 Å². The number of pyridine rings is 1. The largest absolute Gasteiger partial charge is 0.455 e. The number of H-pyrrole nitrogens is 1. The fourth-order valence-electron chi connectivity index (χ4n) is 3.86. The van der Waals surface area contributed by atoms with Crippen molar-refractivity contribution in [3.63, 3.8) is 0 Å². The molecule has 32 heavy (non-hydrogen) atoms. The molecular weight excluding hydrogens is 436 g/mol. The summed E-state index contributed by atoms with van der Waals surface area (Å²) < 4.78 is 6.38. The Labute approximate surface area is 193 Å². The summed E-state index contributed by atoms with van der Waals surface area (Å²) in [5.41, 5.74) is 10.6. The van der Waals surface area contributed by atoms with Gasteiger partial charge in [-0.1, -0.05) is 54.2 Å². The number of aromatic nitrogens is 3. The van der Waals surface area contributed by atoms with Gasteiger partial charge in [-0.15, -0.1) is 0 Å². The first-order chi connectivity index (χ1) is 15.7. The lowest BCUT2D eigenvalue weighted by Crippen LogP contribution is -2.00. The van der Waals surface area contributed by atoms with E-state index in [0.29, 0.717) is 16.2 Å². The molecule has 0 atom stereocenters. The molecule has 2 aromatic heterocycles. The zero-order chi connectivity index (χ0) is 21.7. The number of nitrogen functional groups attached to an aromatic ring is 1. The Hall–Kier alpha value is -3.68. The van der Waals surface area contributed by atoms with Gasteiger partial charge in [0, 0.05) is 5.56 Å². The highest BCUT2D eigenvalue weighted by Gasteiger charge is 2.19. The minimum atomic E-state index is 0.310. The molecule has 0 saturated carbocycles. The fourth-order valence-corrected chi connectivity index (χ4v) is 5.05. The molecule has 3 aromatic carbocycles. The number of nitrogens with two attached hydrogens (primary N) is 1. The van der Waals surface area contributed by atoms with E-state index in [1.807, 2.05) is 60.7 Å². The minimum Gasteiger partial charge on any atom is -0.455 e. The molecule has 0 radical (unpaired) electrons. The SMILES string of the molecule is Nc1[nH]c(=S)nc2nc(-c3ccc4c(c3)Sc3ccccc3O4)cc(-c3ccccc3)c12. The second-order valence-corrected chi connectivity index (χ2v) is 8.86. The summed E-state index contributed by atoms with van der Waals surface area (Å²) in [7, 11) is 0. The number of ether oxygens (including phenoxy) is 1. The fraction of sp³-hybridized carbons (Fsp3) is 0. The van der Waals surface area contributed by atoms with Crippen LogP contribution in [0.3, 0.4) is 0 Å². The number of hydrogen-bond donors (Lipinski definition) is 2. The lowest BCUT2D eigenvalue weighted by Gasteiger charge is -2.20. The normalized spacial score (nSPS) is 12.1. The number of benzene rings is 3. The Bertz CT molecular complexity index is 1560. The average Bonchev–Trinajstić information content (AvgIpc) is 2.82. The van der Waals surface area contributed by atoms with Crippen LogP contribution in [0.4, 0.5) is 5.82 Å². The maximum absolute atomic E-state index is 6.30. The van der Waals surface area contributed by atoms with E-state index in [1.165, 1.54) is 0 Å². The summed E-state index contributed by atoms with van der Waals surface area (Å²) >= 11 is 6.95. The number of hydrogen-bond acceptors (Lipinski definition) is 6. The molecule has 3 N–H and O–H groups in total. The van der Waals surface area contributed by atoms with E-state index in [1.54, 1.807) is 11.8 Å². The van der Waals surface area contributed by atoms with Crippen molar-refractivity contribution in [2.75, 3.05) is 5.73 Å². The minimum absolute atomic E-state index is 0.310. The molecule has 6 rings (SSSR count). The number of para-hydroxylation sites is 1. The van der Waals surface area contributed by atoms with Crippen molar-refractivity contribution in [2.24, 2.45) is 0 Å². The van der Waals surface area contributed by atoms with Gasteiger partial charge in [-0.2, -0.15) is 4.98 Å². The molecule has 1 aliphatic heterocycles. The summed E-state index contributed by atoms with van der Waals surface area (Å²) in [6, 6.07) is 26.3. The first kappa shape index (κ1) is 19.0. The van der Waals surface area contributed by atoms with Crippen molar-refractivity contribution in [2.45, 2.75) is 9.79 Å². The Kier molecular flexibility index (Phi) is 4.45. The average molecular weight is 453 g/mol. The van der Waals surface area contributed by atoms with E-state index in [9.17, 15) is 0 Å². The van der Waals surface area contributed by atoms with E-state index in [2.05, 4.69) is 28.2 Å². The highest BCUT2D eigenvalue weighted by Crippen LogP contribution is 2.48. The van der Waals surface area contributed by atoms with Crippen LogP contribution in [0.2, 0.25) is 0 Å². The number of fused-ring (bicyclic) bond motifs is 3. The quantitative estimate of drug-likeness (QED) is 0.280. The number of aromatic amines is 1. The Morgan fingerprint density at radius 3 is 2.47 bits per heavy atom. The molecule has 0 aliphatic carbocycles. The van der Waals surface area contributed by atoms with Crippen molar-refractivity contribution in [3.05, 3.63) is 83.6 Å². The summed E-state index contributed by atoms with van der Waals surface area (Å²) in [4.78, 5) is 14.4. The molecule has 0 saturated heterocycles. The van der Waals surface area contributed by atoms with E-state index < -0.39 is 0 Å². The van der Waals surface area contributed by atoms with Gasteiger partial charge in [0.1, 0.15) is 17.3 Å². The van der Waals surface area contributed by atoms with Crippen molar-refractivity contribution in [1.29, 1.82) is 0 Å². The van der Waals surface area contributed by atoms with Gasteiger partial charge in [0.25, 0.3) is 0 Å². The molecule has 5 aromatic rings. The molecule has 5 nitrogen and oxygen atoms in total. The molecule has 1 aliphatic rings. The molecule has 7 heteroatoms. The van der Waals surface area contributed by atoms with Crippen molar-refractivity contribution in [1.82, 2.24) is 15.0 Å². The number of nitrogens with zero attached hydrogens (tertiary/aromatic N) is 2. The molecule has 3 heterocycles. The van der Waals surface area contributed by atoms with Gasteiger partial charge in [-0.3, -0.25) is 0 Å². The van der Waals surface area contributed by atoms with Crippen molar-refractivity contribution in [3.8, 4) is 33.9 Å². The van der Waals surface area contributed by atoms with Crippen LogP contribution in [0.25, 0.3) is 33.4 Å². The van der Waals surface area contributed by atoms with E-state index >= 15 is 0 Å². The van der Waals surface area contributed by atoms with Crippen LogP contribution in [-0.4, -0.2) is 15.0 Å². The summed E-state index contributed by atoms with van der Waals surface area (Å²) in [5, 5.41) is 0.762. The third-order valence-electron chi connectivity index (χ3n) is 5.33. The molecule has 0 fully saturated rings. The predicted molar refractivity (Wildman–Crippen MR) is 131 cm³/mol. The maximum atomic E-state index is 6.30. The van der Waals surface area contributed by atoms with E-state index in [0.717, 1.165) is 49.1 Å². The van der Waals surface area contributed by atoms with Crippen LogP contribution in [-0.2, 0) is 0 Å². The number of nitrogens with one attached hydrogen (secondary N) is 1. The van der Waals surface area contributed by atoms with Gasteiger partial charge < -0.3 is 15.5 Å². The molecule has 0 amide bonds. The molecule has 154 valence electrons. The summed E-state index contributed by atoms with van der Waals surface area (Å²) in [5.74, 6) is 2.18. The van der Waals surface area contributed by atoms with Crippen molar-refractivity contribution >= 4 is 40.8 Å². The topological polar surface area (TPSA) is 76.8 Å². The van der Waals surface area contributed by atoms with Gasteiger partial charge in [-0.05, 0) is 59.7 Å². The second kappa shape index (κ2) is 7.47. The summed E-state index contributed by atoms with van der Waals surface area (Å²) in [6.07, 6.45) is 0. The lowest BCUT2D eigenvalue weighted by atomic mass is 10.00. The van der Waals surface area contributed by atoms with Gasteiger partial charge in [0.15, 0.2) is 10.4 Å². The van der Waals surface area contributed by atoms with Crippen LogP contribution in [0.15, 0.2) is 88.7 Å². The van der Waals surface area contributed by atoms with Gasteiger partial charge >= 0.3 is 0 Å². The van der Waals surface area contributed by atoms with Gasteiger partial charge in [-0.25, -0.2) is 4.98 Å². The monoisotopic (exact) mass is 452 g/mol. The van der Waals surface area contributed by atoms with Gasteiger partial charge in [0.05, 0.1) is 20.9 Å². The van der Waals surface area contributed by atoms with Crippen LogP contribution in [0.1, 0.15) is 0 Å². The van der Waals surface area contributed by atoms with Crippen LogP contribution >= 0.6 is 24.0 Å². The first-order valence-corrected chi connectivity index (χ1v) is 11.2. The summed E-state index contributed by atoms with van der Waals surface area (Å²) in [6.45, 7) is 0. The first-order valence-electron chi connectivity index (χ1n) is 10.0. The van der Waals surface area contributed by atoms with E-state index in [4.69, 9.17) is 27.7 Å². The standard InChI is InChI=1S/C25H16N4OS2/c26-23-22-16(14-6-2-1-3-7-14)13-17(27-24(22)29-25(31)28-23)15-10-11-19-21(12-15)32-20-9-5-4-8-18(20)30-19/h1-13H,(H3,26,27,28,29,31). The Morgan fingerprint density at radius 2 is 1.59 bits per heavy atom. The maximum Gasteiger partial charge on any atom is 0.200 e. The molecular formula is C25H16N4OS2. The zero-order valence-electron chi connectivity index (χ0n) is 16.7. The van der Waals surface area contributed by atoms with Crippen LogP contribution in [0.5, 0.6) is 11.5 Å². The zero-order valence-corrected chi connectivity index (χ0v) is 18.3. The Morgan fingerprint density at radius 1 is 0.812 bits per heavy atom. The van der Waals surface area contributed by atoms with Crippen LogP contribution in [0, 0.1) is 4.77 Å². The number of anilines is 1. The Balaban J connectivity index is 1.54. The lowest BCUT2D eigenvalue weighted by molar-refractivity contribution is 0.454. The molecule has 0 unspecified atom stereocenters. The molecule has 0 bridgehead atoms. The molecule has 0 spiro atoms. The van der Waals surface area contributed by atoms with Crippen LogP contribution < -0.4 is 10.5 Å². The number of rotatable bonds is 2. The third-order valence-corrected chi connectivity index (χ3v) is 6.62. The highest BCUT2D eigenvalue weighted by molar-refractivity contribution is 7.99. The second-order valence-electron chi connectivity index (χ2n) is 7.39. The predicted octanol–water partition coefficient (Wildman–Crippen LogP) is 6.86. The highest BCUT2D eigenvalue weighted by atomic mass is 32.2.